The van der Waals surface area contributed by atoms with E-state index in [-0.39, 0.29) is 41.8 Å². The minimum Gasteiger partial charge on any atom is -1.00 e. The molecule has 0 saturated heterocycles. The van der Waals surface area contributed by atoms with Gasteiger partial charge in [-0.05, 0) is 68.2 Å². The molecule has 5 aromatic rings. The van der Waals surface area contributed by atoms with Crippen molar-refractivity contribution < 1.29 is 52.9 Å². The van der Waals surface area contributed by atoms with Crippen LogP contribution in [0, 0.1) is 5.92 Å². The number of hydrogen-bond acceptors (Lipinski definition) is 1. The van der Waals surface area contributed by atoms with Crippen LogP contribution in [0.1, 0.15) is 94.7 Å². The van der Waals surface area contributed by atoms with E-state index in [0.717, 1.165) is 6.42 Å². The van der Waals surface area contributed by atoms with Crippen LogP contribution in [0.4, 0.5) is 0 Å². The topological polar surface area (TPSA) is 9.23 Å². The maximum absolute atomic E-state index is 6.81. The summed E-state index contributed by atoms with van der Waals surface area (Å²) in [5.74, 6) is 0.986. The van der Waals surface area contributed by atoms with Gasteiger partial charge in [-0.25, -0.2) is 0 Å². The Bertz CT molecular complexity index is 1870. The molecular formula is C44H51Cl2OSiZr-. The zero-order valence-electron chi connectivity index (χ0n) is 30.6. The molecule has 2 unspecified atom stereocenters. The Labute approximate surface area is 323 Å². The van der Waals surface area contributed by atoms with Gasteiger partial charge in [-0.3, -0.25) is 0 Å². The smallest absolute Gasteiger partial charge is 1.00 e. The predicted octanol–water partition coefficient (Wildman–Crippen LogP) is 6.81. The van der Waals surface area contributed by atoms with Crippen LogP contribution < -0.4 is 24.8 Å². The summed E-state index contributed by atoms with van der Waals surface area (Å²) >= 11 is 1.74. The van der Waals surface area contributed by atoms with Crippen LogP contribution in [0.15, 0.2) is 103 Å². The Kier molecular flexibility index (Phi) is 15.1. The van der Waals surface area contributed by atoms with Gasteiger partial charge in [-0.2, -0.15) is 6.07 Å². The molecule has 0 N–H and O–H groups in total. The monoisotopic (exact) mass is 783 g/mol. The predicted molar refractivity (Wildman–Crippen MR) is 202 cm³/mol. The molecule has 5 aromatic carbocycles. The largest absolute Gasteiger partial charge is 1.00 e. The number of fused-ring (bicyclic) bond motifs is 2. The van der Waals surface area contributed by atoms with Crippen LogP contribution >= 0.6 is 0 Å². The Balaban J connectivity index is 0.00000103. The van der Waals surface area contributed by atoms with Crippen LogP contribution in [-0.4, -0.2) is 5.43 Å². The minimum absolute atomic E-state index is 0. The van der Waals surface area contributed by atoms with Crippen molar-refractivity contribution in [2.75, 3.05) is 0 Å². The van der Waals surface area contributed by atoms with Gasteiger partial charge in [0, 0.05) is 0 Å². The van der Waals surface area contributed by atoms with E-state index >= 15 is 0 Å². The molecule has 256 valence electrons. The maximum Gasteiger partial charge on any atom is -1.00 e. The van der Waals surface area contributed by atoms with E-state index in [2.05, 4.69) is 165 Å². The van der Waals surface area contributed by atoms with Crippen LogP contribution in [-0.2, 0) is 40.1 Å². The van der Waals surface area contributed by atoms with E-state index in [4.69, 9.17) is 4.74 Å². The van der Waals surface area contributed by atoms with Crippen LogP contribution in [0.25, 0.3) is 39.1 Å². The molecular weight excluding hydrogens is 735 g/mol. The van der Waals surface area contributed by atoms with E-state index in [1.807, 2.05) is 0 Å². The molecule has 1 aliphatic carbocycles. The number of halogens is 2. The molecule has 1 nitrogen and oxygen atoms in total. The number of ether oxygens (including phenoxy) is 1. The van der Waals surface area contributed by atoms with E-state index in [1.54, 1.807) is 23.3 Å². The summed E-state index contributed by atoms with van der Waals surface area (Å²) in [6, 6.07) is 36.2. The third-order valence-corrected chi connectivity index (χ3v) is 9.39. The summed E-state index contributed by atoms with van der Waals surface area (Å²) in [6.07, 6.45) is 3.52. The standard InChI is InChI=1S/C42H45O.C2H6Si.2ClH.Zr/c1-8-28(4)30-15-17-31(18-16-30)35-12-9-11-33-23-29(24-39(33)35)26-43-41-37-14-10-13-36(40(37)25-38(41)27(2)3)32-19-21-34(22-20-32)42(5,6)7;1-3-2;;;/h9-25,27-28,41H,8,26H2,1-7H3;1-2H3;2*1H;/q-1;;;;+2/p-2. The molecule has 0 spiro atoms. The molecule has 0 amide bonds. The molecule has 5 heteroatoms. The van der Waals surface area contributed by atoms with Crippen molar-refractivity contribution >= 4 is 22.3 Å². The van der Waals surface area contributed by atoms with Crippen molar-refractivity contribution in [1.29, 1.82) is 0 Å². The average molecular weight is 786 g/mol. The summed E-state index contributed by atoms with van der Waals surface area (Å²) in [5.41, 5.74) is 13.4. The quantitative estimate of drug-likeness (QED) is 0.124. The molecule has 0 saturated carbocycles. The minimum atomic E-state index is -0.0330. The first-order valence-electron chi connectivity index (χ1n) is 17.2. The van der Waals surface area contributed by atoms with Crippen molar-refractivity contribution in [3.05, 3.63) is 130 Å². The van der Waals surface area contributed by atoms with Crippen LogP contribution in [0.3, 0.4) is 0 Å². The Morgan fingerprint density at radius 2 is 1.39 bits per heavy atom. The summed E-state index contributed by atoms with van der Waals surface area (Å²) in [6.45, 7) is 21.1. The fourth-order valence-corrected chi connectivity index (χ4v) is 6.49. The van der Waals surface area contributed by atoms with Gasteiger partial charge in [0.2, 0.25) is 0 Å². The first-order valence-corrected chi connectivity index (χ1v) is 23.4. The molecule has 49 heavy (non-hydrogen) atoms. The Morgan fingerprint density at radius 3 is 1.98 bits per heavy atom. The Morgan fingerprint density at radius 1 is 0.816 bits per heavy atom. The van der Waals surface area contributed by atoms with Crippen molar-refractivity contribution in [3.63, 3.8) is 0 Å². The van der Waals surface area contributed by atoms with Gasteiger partial charge in [-0.1, -0.05) is 133 Å². The summed E-state index contributed by atoms with van der Waals surface area (Å²) in [7, 11) is 0. The van der Waals surface area contributed by atoms with Crippen molar-refractivity contribution in [3.8, 4) is 22.3 Å². The van der Waals surface area contributed by atoms with Crippen molar-refractivity contribution in [2.45, 2.75) is 92.0 Å². The first kappa shape index (κ1) is 41.3. The second kappa shape index (κ2) is 17.9. The molecule has 0 fully saturated rings. The second-order valence-corrected chi connectivity index (χ2v) is 24.1. The van der Waals surface area contributed by atoms with Gasteiger partial charge >= 0.3 is 41.9 Å². The SMILES string of the molecule is CCC(C)c1ccc(-c2cccc3[cH-]c(COC4C(C(C)C)=Cc5c(-c6ccc(C(C)(C)C)cc6)cccc54)cc23)cc1.C[Si](C)=[Zr+2].[Cl-].[Cl-]. The van der Waals surface area contributed by atoms with E-state index in [9.17, 15) is 0 Å². The van der Waals surface area contributed by atoms with Crippen molar-refractivity contribution in [1.82, 2.24) is 0 Å². The van der Waals surface area contributed by atoms with Gasteiger partial charge < -0.3 is 29.6 Å². The van der Waals surface area contributed by atoms with E-state index < -0.39 is 0 Å². The van der Waals surface area contributed by atoms with Gasteiger partial charge in [0.25, 0.3) is 0 Å². The molecule has 0 bridgehead atoms. The molecule has 2 atom stereocenters. The van der Waals surface area contributed by atoms with Gasteiger partial charge in [0.05, 0.1) is 6.61 Å². The zero-order chi connectivity index (χ0) is 33.9. The molecule has 0 heterocycles. The first-order chi connectivity index (χ1) is 22.4. The fourth-order valence-electron chi connectivity index (χ4n) is 6.49. The molecule has 6 rings (SSSR count). The normalized spacial score (nSPS) is 14.3. The summed E-state index contributed by atoms with van der Waals surface area (Å²) < 4.78 is 6.81. The van der Waals surface area contributed by atoms with E-state index in [1.165, 1.54) is 66.4 Å². The van der Waals surface area contributed by atoms with Gasteiger partial charge in [0.1, 0.15) is 6.10 Å². The average Bonchev–Trinajstić information content (AvgIpc) is 3.64. The van der Waals surface area contributed by atoms with Crippen LogP contribution in [0.5, 0.6) is 0 Å². The fraction of sp³-hybridized carbons (Fsp3) is 0.341. The molecule has 0 radical (unpaired) electrons. The summed E-state index contributed by atoms with van der Waals surface area (Å²) in [4.78, 5) is 0. The molecule has 0 aliphatic heterocycles. The third kappa shape index (κ3) is 9.81. The molecule has 0 aromatic heterocycles. The van der Waals surface area contributed by atoms with E-state index in [0.29, 0.717) is 18.4 Å². The van der Waals surface area contributed by atoms with Gasteiger partial charge in [-0.15, -0.1) is 34.5 Å². The number of hydrogen-bond donors (Lipinski definition) is 0. The van der Waals surface area contributed by atoms with Crippen LogP contribution in [0.2, 0.25) is 13.1 Å². The summed E-state index contributed by atoms with van der Waals surface area (Å²) in [5, 5.41) is 2.57. The van der Waals surface area contributed by atoms with Crippen molar-refractivity contribution in [2.24, 2.45) is 5.92 Å². The van der Waals surface area contributed by atoms with Gasteiger partial charge in [0.15, 0.2) is 0 Å². The zero-order valence-corrected chi connectivity index (χ0v) is 35.6. The number of benzene rings is 4. The second-order valence-electron chi connectivity index (χ2n) is 14.7. The maximum atomic E-state index is 6.81. The Hall–Kier alpha value is -2.13. The molecule has 1 aliphatic rings. The third-order valence-electron chi connectivity index (χ3n) is 9.39. The number of rotatable bonds is 8.